The molecular formula is C17H14N4O2S. The van der Waals surface area contributed by atoms with Crippen LogP contribution >= 0.6 is 12.2 Å². The Balaban J connectivity index is 1.96. The lowest BCUT2D eigenvalue weighted by Gasteiger charge is -2.04. The topological polar surface area (TPSA) is 83.3 Å². The summed E-state index contributed by atoms with van der Waals surface area (Å²) in [4.78, 5) is 10.9. The minimum absolute atomic E-state index is 0.229. The number of nitrogens with zero attached hydrogens (tertiary/aromatic N) is 3. The van der Waals surface area contributed by atoms with Gasteiger partial charge in [-0.15, -0.1) is 0 Å². The maximum absolute atomic E-state index is 10.9. The van der Waals surface area contributed by atoms with E-state index in [9.17, 15) is 4.79 Å². The number of carbonyl (C=O) groups is 1. The molecule has 0 aliphatic rings. The Kier molecular flexibility index (Phi) is 4.35. The van der Waals surface area contributed by atoms with E-state index < -0.39 is 5.97 Å². The summed E-state index contributed by atoms with van der Waals surface area (Å²) in [6.07, 6.45) is 1.61. The van der Waals surface area contributed by atoms with Crippen molar-refractivity contribution >= 4 is 24.4 Å². The molecule has 2 N–H and O–H groups in total. The first-order valence-electron chi connectivity index (χ1n) is 7.17. The van der Waals surface area contributed by atoms with Crippen LogP contribution in [0.25, 0.3) is 11.4 Å². The van der Waals surface area contributed by atoms with Gasteiger partial charge in [0.2, 0.25) is 4.77 Å². The third-order valence-electron chi connectivity index (χ3n) is 3.52. The number of hydrogen-bond acceptors (Lipinski definition) is 4. The van der Waals surface area contributed by atoms with Crippen molar-refractivity contribution in [1.82, 2.24) is 14.9 Å². The van der Waals surface area contributed by atoms with E-state index in [1.165, 1.54) is 12.1 Å². The van der Waals surface area contributed by atoms with E-state index in [1.807, 2.05) is 31.2 Å². The summed E-state index contributed by atoms with van der Waals surface area (Å²) in [5.74, 6) is -0.339. The summed E-state index contributed by atoms with van der Waals surface area (Å²) in [6.45, 7) is 1.99. The smallest absolute Gasteiger partial charge is 0.335 e. The SMILES string of the molecule is Cc1ccccc1-c1n[nH]c(=S)n1/N=C/c1ccc(C(=O)O)cc1. The highest BCUT2D eigenvalue weighted by Crippen LogP contribution is 2.21. The van der Waals surface area contributed by atoms with Gasteiger partial charge in [0.15, 0.2) is 5.82 Å². The molecule has 0 bridgehead atoms. The first kappa shape index (κ1) is 15.8. The van der Waals surface area contributed by atoms with E-state index >= 15 is 0 Å². The van der Waals surface area contributed by atoms with Gasteiger partial charge in [-0.3, -0.25) is 0 Å². The number of aryl methyl sites for hydroxylation is 1. The van der Waals surface area contributed by atoms with Gasteiger partial charge >= 0.3 is 5.97 Å². The number of nitrogens with one attached hydrogen (secondary N) is 1. The van der Waals surface area contributed by atoms with Gasteiger partial charge in [0.1, 0.15) is 0 Å². The zero-order valence-electron chi connectivity index (χ0n) is 12.8. The molecule has 6 nitrogen and oxygen atoms in total. The van der Waals surface area contributed by atoms with Crippen LogP contribution in [-0.4, -0.2) is 32.2 Å². The summed E-state index contributed by atoms with van der Waals surface area (Å²) >= 11 is 5.24. The molecule has 0 saturated carbocycles. The second-order valence-corrected chi connectivity index (χ2v) is 5.54. The van der Waals surface area contributed by atoms with Crippen LogP contribution in [0.2, 0.25) is 0 Å². The lowest BCUT2D eigenvalue weighted by molar-refractivity contribution is 0.0697. The largest absolute Gasteiger partial charge is 0.478 e. The van der Waals surface area contributed by atoms with Crippen molar-refractivity contribution in [3.63, 3.8) is 0 Å². The highest BCUT2D eigenvalue weighted by Gasteiger charge is 2.10. The van der Waals surface area contributed by atoms with E-state index in [1.54, 1.807) is 23.0 Å². The van der Waals surface area contributed by atoms with E-state index in [2.05, 4.69) is 15.3 Å². The summed E-state index contributed by atoms with van der Waals surface area (Å²) in [5, 5.41) is 20.3. The molecule has 0 radical (unpaired) electrons. The van der Waals surface area contributed by atoms with Crippen molar-refractivity contribution < 1.29 is 9.90 Å². The number of H-pyrrole nitrogens is 1. The summed E-state index contributed by atoms with van der Waals surface area (Å²) < 4.78 is 1.93. The van der Waals surface area contributed by atoms with Gasteiger partial charge in [-0.05, 0) is 42.4 Å². The van der Waals surface area contributed by atoms with E-state index in [-0.39, 0.29) is 5.56 Å². The minimum Gasteiger partial charge on any atom is -0.478 e. The van der Waals surface area contributed by atoms with Gasteiger partial charge in [0.05, 0.1) is 11.8 Å². The number of aromatic nitrogens is 3. The van der Waals surface area contributed by atoms with Gasteiger partial charge in [-0.25, -0.2) is 9.89 Å². The molecule has 2 aromatic carbocycles. The number of hydrogen-bond donors (Lipinski definition) is 2. The maximum atomic E-state index is 10.9. The molecule has 7 heteroatoms. The summed E-state index contributed by atoms with van der Waals surface area (Å²) in [7, 11) is 0. The standard InChI is InChI=1S/C17H14N4O2S/c1-11-4-2-3-5-14(11)15-19-20-17(24)21(15)18-10-12-6-8-13(9-7-12)16(22)23/h2-10H,1H3,(H,20,24)(H,22,23)/b18-10+. The average Bonchev–Trinajstić information content (AvgIpc) is 2.94. The molecule has 0 unspecified atom stereocenters. The number of aromatic amines is 1. The lowest BCUT2D eigenvalue weighted by Crippen LogP contribution is -1.98. The highest BCUT2D eigenvalue weighted by molar-refractivity contribution is 7.71. The highest BCUT2D eigenvalue weighted by atomic mass is 32.1. The number of carboxylic acid groups (broad SMARTS) is 1. The molecular weight excluding hydrogens is 324 g/mol. The van der Waals surface area contributed by atoms with Crippen LogP contribution in [0.3, 0.4) is 0 Å². The second-order valence-electron chi connectivity index (χ2n) is 5.15. The predicted octanol–water partition coefficient (Wildman–Crippen LogP) is 3.50. The van der Waals surface area contributed by atoms with Crippen molar-refractivity contribution in [2.45, 2.75) is 6.92 Å². The third-order valence-corrected chi connectivity index (χ3v) is 3.78. The van der Waals surface area contributed by atoms with Crippen molar-refractivity contribution in [2.24, 2.45) is 5.10 Å². The van der Waals surface area contributed by atoms with Gasteiger partial charge in [-0.2, -0.15) is 14.9 Å². The average molecular weight is 338 g/mol. The molecule has 0 aliphatic heterocycles. The fraction of sp³-hybridized carbons (Fsp3) is 0.0588. The first-order valence-corrected chi connectivity index (χ1v) is 7.58. The van der Waals surface area contributed by atoms with Crippen LogP contribution in [0.5, 0.6) is 0 Å². The van der Waals surface area contributed by atoms with Gasteiger partial charge < -0.3 is 5.11 Å². The van der Waals surface area contributed by atoms with Crippen molar-refractivity contribution in [3.05, 3.63) is 70.0 Å². The molecule has 120 valence electrons. The zero-order chi connectivity index (χ0) is 17.1. The van der Waals surface area contributed by atoms with E-state index in [0.717, 1.165) is 16.7 Å². The van der Waals surface area contributed by atoms with Crippen molar-refractivity contribution in [2.75, 3.05) is 0 Å². The second kappa shape index (κ2) is 6.59. The molecule has 0 spiro atoms. The normalized spacial score (nSPS) is 11.0. The molecule has 1 heterocycles. The maximum Gasteiger partial charge on any atom is 0.335 e. The molecule has 0 saturated heterocycles. The molecule has 24 heavy (non-hydrogen) atoms. The number of aromatic carboxylic acids is 1. The van der Waals surface area contributed by atoms with E-state index in [4.69, 9.17) is 17.3 Å². The Morgan fingerprint density at radius 2 is 1.96 bits per heavy atom. The fourth-order valence-electron chi connectivity index (χ4n) is 2.23. The molecule has 0 amide bonds. The molecule has 0 fully saturated rings. The number of rotatable bonds is 4. The van der Waals surface area contributed by atoms with Gasteiger partial charge in [0.25, 0.3) is 0 Å². The quantitative estimate of drug-likeness (QED) is 0.563. The summed E-state index contributed by atoms with van der Waals surface area (Å²) in [5.41, 5.74) is 2.99. The monoisotopic (exact) mass is 338 g/mol. The number of carboxylic acids is 1. The van der Waals surface area contributed by atoms with Crippen LogP contribution in [0.15, 0.2) is 53.6 Å². The van der Waals surface area contributed by atoms with Crippen molar-refractivity contribution in [1.29, 1.82) is 0 Å². The Labute approximate surface area is 143 Å². The third kappa shape index (κ3) is 3.16. The van der Waals surface area contributed by atoms with Crippen LogP contribution in [-0.2, 0) is 0 Å². The molecule has 0 aliphatic carbocycles. The summed E-state index contributed by atoms with van der Waals surface area (Å²) in [6, 6.07) is 14.3. The zero-order valence-corrected chi connectivity index (χ0v) is 13.6. The van der Waals surface area contributed by atoms with Gasteiger partial charge in [0, 0.05) is 5.56 Å². The Morgan fingerprint density at radius 3 is 2.62 bits per heavy atom. The molecule has 1 aromatic heterocycles. The van der Waals surface area contributed by atoms with Crippen LogP contribution in [0, 0.1) is 11.7 Å². The lowest BCUT2D eigenvalue weighted by atomic mass is 10.1. The van der Waals surface area contributed by atoms with Gasteiger partial charge in [-0.1, -0.05) is 36.4 Å². The Bertz CT molecular complexity index is 971. The van der Waals surface area contributed by atoms with Crippen molar-refractivity contribution in [3.8, 4) is 11.4 Å². The molecule has 3 aromatic rings. The minimum atomic E-state index is -0.961. The van der Waals surface area contributed by atoms with E-state index in [0.29, 0.717) is 10.6 Å². The Hall–Kier alpha value is -3.06. The predicted molar refractivity (Wildman–Crippen MR) is 94.0 cm³/mol. The van der Waals surface area contributed by atoms with Crippen LogP contribution < -0.4 is 0 Å². The van der Waals surface area contributed by atoms with Crippen LogP contribution in [0.1, 0.15) is 21.5 Å². The number of benzene rings is 2. The van der Waals surface area contributed by atoms with Crippen LogP contribution in [0.4, 0.5) is 0 Å². The first-order chi connectivity index (χ1) is 11.6. The molecule has 3 rings (SSSR count). The molecule has 0 atom stereocenters. The fourth-order valence-corrected chi connectivity index (χ4v) is 2.41. The Morgan fingerprint density at radius 1 is 1.25 bits per heavy atom.